The Bertz CT molecular complexity index is 1570. The second kappa shape index (κ2) is 7.55. The molecule has 4 nitrogen and oxygen atoms in total. The van der Waals surface area contributed by atoms with Gasteiger partial charge in [0.2, 0.25) is 0 Å². The van der Waals surface area contributed by atoms with E-state index in [9.17, 15) is 4.79 Å². The third kappa shape index (κ3) is 3.02. The third-order valence-corrected chi connectivity index (χ3v) is 6.62. The molecule has 0 aliphatic rings. The highest BCUT2D eigenvalue weighted by Crippen LogP contribution is 2.31. The number of benzene rings is 4. The van der Waals surface area contributed by atoms with E-state index in [2.05, 4.69) is 39.0 Å². The quantitative estimate of drug-likeness (QED) is 0.308. The van der Waals surface area contributed by atoms with E-state index in [1.807, 2.05) is 78.9 Å². The number of aromatic nitrogens is 3. The molecule has 0 radical (unpaired) electrons. The molecule has 0 aliphatic heterocycles. The summed E-state index contributed by atoms with van der Waals surface area (Å²) in [6.07, 6.45) is 0. The van der Waals surface area contributed by atoms with Crippen molar-refractivity contribution in [2.24, 2.45) is 0 Å². The Morgan fingerprint density at radius 2 is 1.06 bits per heavy atom. The van der Waals surface area contributed by atoms with Crippen LogP contribution in [0.1, 0.15) is 0 Å². The first-order valence-corrected chi connectivity index (χ1v) is 11.1. The molecule has 0 saturated heterocycles. The van der Waals surface area contributed by atoms with Crippen molar-refractivity contribution in [2.45, 2.75) is 0 Å². The molecule has 4 aromatic carbocycles. The first kappa shape index (κ1) is 18.7. The lowest BCUT2D eigenvalue weighted by Gasteiger charge is -2.15. The number of rotatable bonds is 3. The van der Waals surface area contributed by atoms with Gasteiger partial charge in [-0.2, -0.15) is 0 Å². The summed E-state index contributed by atoms with van der Waals surface area (Å²) in [7, 11) is 0. The molecule has 6 aromatic rings. The summed E-state index contributed by atoms with van der Waals surface area (Å²) in [5.41, 5.74) is 4.93. The number of nitrogens with zero attached hydrogens (tertiary/aromatic N) is 3. The summed E-state index contributed by atoms with van der Waals surface area (Å²) in [5, 5.41) is 12.0. The van der Waals surface area contributed by atoms with Crippen LogP contribution in [-0.4, -0.2) is 14.8 Å². The highest BCUT2D eigenvalue weighted by molar-refractivity contribution is 7.17. The molecule has 0 unspecified atom stereocenters. The molecular weight excluding hydrogens is 414 g/mol. The largest absolute Gasteiger partial charge is 0.309 e. The smallest absolute Gasteiger partial charge is 0.197 e. The van der Waals surface area contributed by atoms with Crippen LogP contribution >= 0.6 is 11.3 Å². The van der Waals surface area contributed by atoms with Gasteiger partial charge in [-0.05, 0) is 48.5 Å². The predicted molar refractivity (Wildman–Crippen MR) is 131 cm³/mol. The van der Waals surface area contributed by atoms with E-state index < -0.39 is 0 Å². The van der Waals surface area contributed by atoms with Crippen LogP contribution in [0.5, 0.6) is 0 Å². The van der Waals surface area contributed by atoms with Crippen molar-refractivity contribution in [2.75, 3.05) is 0 Å². The fraction of sp³-hybridized carbons (Fsp3) is 0. The maximum absolute atomic E-state index is 13.0. The molecule has 0 bridgehead atoms. The van der Waals surface area contributed by atoms with Crippen LogP contribution in [0.2, 0.25) is 0 Å². The average Bonchev–Trinajstić information content (AvgIpc) is 3.36. The zero-order valence-corrected chi connectivity index (χ0v) is 17.8. The maximum Gasteiger partial charge on any atom is 0.197 e. The Kier molecular flexibility index (Phi) is 4.40. The van der Waals surface area contributed by atoms with Crippen molar-refractivity contribution in [3.8, 4) is 26.8 Å². The van der Waals surface area contributed by atoms with Gasteiger partial charge in [-0.3, -0.25) is 4.79 Å². The highest BCUT2D eigenvalue weighted by Gasteiger charge is 2.13. The van der Waals surface area contributed by atoms with Gasteiger partial charge in [0.1, 0.15) is 10.0 Å². The summed E-state index contributed by atoms with van der Waals surface area (Å²) in [4.78, 5) is 13.0. The van der Waals surface area contributed by atoms with Gasteiger partial charge in [0, 0.05) is 27.6 Å². The van der Waals surface area contributed by atoms with Gasteiger partial charge >= 0.3 is 0 Å². The van der Waals surface area contributed by atoms with Gasteiger partial charge in [-0.25, -0.2) is 0 Å². The molecule has 0 N–H and O–H groups in total. The fourth-order valence-corrected chi connectivity index (χ4v) is 4.92. The summed E-state index contributed by atoms with van der Waals surface area (Å²) in [5.74, 6) is 0. The van der Waals surface area contributed by atoms with E-state index in [4.69, 9.17) is 0 Å². The SMILES string of the molecule is O=c1c2ccccc2n(-c2ccc(-c3nnc(-c4ccccc4)s3)cc2)c2ccccc12. The molecule has 152 valence electrons. The third-order valence-electron chi connectivity index (χ3n) is 5.60. The lowest BCUT2D eigenvalue weighted by molar-refractivity contribution is 1.10. The molecule has 0 saturated carbocycles. The Hall–Kier alpha value is -4.09. The minimum Gasteiger partial charge on any atom is -0.309 e. The van der Waals surface area contributed by atoms with Gasteiger partial charge in [0.15, 0.2) is 5.43 Å². The standard InChI is InChI=1S/C27H17N3OS/c31-25-21-10-4-6-12-23(21)30(24-13-7-5-11-22(24)25)20-16-14-19(15-17-20)27-29-28-26(32-27)18-8-2-1-3-9-18/h1-17H. The van der Waals surface area contributed by atoms with E-state index in [1.54, 1.807) is 11.3 Å². The van der Waals surface area contributed by atoms with E-state index >= 15 is 0 Å². The van der Waals surface area contributed by atoms with Crippen molar-refractivity contribution in [3.05, 3.63) is 113 Å². The van der Waals surface area contributed by atoms with Crippen LogP contribution in [0.3, 0.4) is 0 Å². The second-order valence-electron chi connectivity index (χ2n) is 7.52. The molecule has 6 rings (SSSR count). The second-order valence-corrected chi connectivity index (χ2v) is 8.50. The van der Waals surface area contributed by atoms with E-state index in [-0.39, 0.29) is 5.43 Å². The number of hydrogen-bond acceptors (Lipinski definition) is 4. The summed E-state index contributed by atoms with van der Waals surface area (Å²) in [6, 6.07) is 33.9. The first-order chi connectivity index (χ1) is 15.8. The molecule has 32 heavy (non-hydrogen) atoms. The molecule has 0 amide bonds. The number of para-hydroxylation sites is 2. The van der Waals surface area contributed by atoms with Gasteiger partial charge in [0.05, 0.1) is 11.0 Å². The van der Waals surface area contributed by atoms with Crippen molar-refractivity contribution < 1.29 is 0 Å². The van der Waals surface area contributed by atoms with E-state index in [0.717, 1.165) is 37.9 Å². The summed E-state index contributed by atoms with van der Waals surface area (Å²) >= 11 is 1.58. The zero-order chi connectivity index (χ0) is 21.5. The molecule has 2 heterocycles. The van der Waals surface area contributed by atoms with Crippen molar-refractivity contribution >= 4 is 33.1 Å². The molecule has 0 fully saturated rings. The van der Waals surface area contributed by atoms with Gasteiger partial charge in [-0.1, -0.05) is 65.9 Å². The Morgan fingerprint density at radius 1 is 0.562 bits per heavy atom. The van der Waals surface area contributed by atoms with Crippen LogP contribution in [0.15, 0.2) is 108 Å². The molecule has 5 heteroatoms. The van der Waals surface area contributed by atoms with Crippen LogP contribution < -0.4 is 5.43 Å². The van der Waals surface area contributed by atoms with E-state index in [0.29, 0.717) is 10.8 Å². The minimum atomic E-state index is 0.0615. The Balaban J connectivity index is 1.48. The molecule has 0 spiro atoms. The average molecular weight is 432 g/mol. The maximum atomic E-state index is 13.0. The van der Waals surface area contributed by atoms with Crippen LogP contribution in [-0.2, 0) is 0 Å². The fourth-order valence-electron chi connectivity index (χ4n) is 4.06. The summed E-state index contributed by atoms with van der Waals surface area (Å²) < 4.78 is 2.14. The summed E-state index contributed by atoms with van der Waals surface area (Å²) in [6.45, 7) is 0. The molecule has 0 aliphatic carbocycles. The number of fused-ring (bicyclic) bond motifs is 2. The highest BCUT2D eigenvalue weighted by atomic mass is 32.1. The predicted octanol–water partition coefficient (Wildman–Crippen LogP) is 6.33. The zero-order valence-electron chi connectivity index (χ0n) is 17.0. The Morgan fingerprint density at radius 3 is 1.66 bits per heavy atom. The first-order valence-electron chi connectivity index (χ1n) is 10.3. The monoisotopic (exact) mass is 431 g/mol. The van der Waals surface area contributed by atoms with Gasteiger partial charge < -0.3 is 4.57 Å². The van der Waals surface area contributed by atoms with Crippen molar-refractivity contribution in [3.63, 3.8) is 0 Å². The van der Waals surface area contributed by atoms with Gasteiger partial charge in [0.25, 0.3) is 0 Å². The minimum absolute atomic E-state index is 0.0615. The Labute approximate surface area is 188 Å². The molecular formula is C27H17N3OS. The number of pyridine rings is 1. The van der Waals surface area contributed by atoms with Crippen LogP contribution in [0.25, 0.3) is 48.6 Å². The normalized spacial score (nSPS) is 11.2. The topological polar surface area (TPSA) is 47.8 Å². The molecule has 0 atom stereocenters. The van der Waals surface area contributed by atoms with Crippen molar-refractivity contribution in [1.29, 1.82) is 0 Å². The van der Waals surface area contributed by atoms with Crippen molar-refractivity contribution in [1.82, 2.24) is 14.8 Å². The van der Waals surface area contributed by atoms with Gasteiger partial charge in [-0.15, -0.1) is 10.2 Å². The lowest BCUT2D eigenvalue weighted by atomic mass is 10.1. The van der Waals surface area contributed by atoms with Crippen LogP contribution in [0, 0.1) is 0 Å². The number of hydrogen-bond donors (Lipinski definition) is 0. The van der Waals surface area contributed by atoms with Crippen LogP contribution in [0.4, 0.5) is 0 Å². The van der Waals surface area contributed by atoms with E-state index in [1.165, 1.54) is 0 Å². The lowest BCUT2D eigenvalue weighted by Crippen LogP contribution is -2.10. The molecule has 2 aromatic heterocycles.